The van der Waals surface area contributed by atoms with Crippen molar-refractivity contribution in [1.82, 2.24) is 0 Å². The first-order valence-electron chi connectivity index (χ1n) is 7.14. The summed E-state index contributed by atoms with van der Waals surface area (Å²) in [4.78, 5) is 24.2. The van der Waals surface area contributed by atoms with Gasteiger partial charge in [0.25, 0.3) is 0 Å². The third kappa shape index (κ3) is 2.05. The predicted octanol–water partition coefficient (Wildman–Crippen LogP) is 2.12. The molecule has 3 rings (SSSR count). The van der Waals surface area contributed by atoms with Gasteiger partial charge in [-0.25, -0.2) is 9.59 Å². The Balaban J connectivity index is 2.30. The van der Waals surface area contributed by atoms with Crippen LogP contribution in [0.25, 0.3) is 5.57 Å². The quantitative estimate of drug-likeness (QED) is 0.476. The van der Waals surface area contributed by atoms with E-state index in [1.807, 2.05) is 0 Å². The molecule has 0 saturated carbocycles. The maximum Gasteiger partial charge on any atom is 0.348 e. The van der Waals surface area contributed by atoms with E-state index in [4.69, 9.17) is 23.7 Å². The summed E-state index contributed by atoms with van der Waals surface area (Å²) in [6.07, 6.45) is 0. The fraction of sp³-hybridized carbons (Fsp3) is 0.294. The molecule has 126 valence electrons. The number of hydrogen-bond donors (Lipinski definition) is 0. The summed E-state index contributed by atoms with van der Waals surface area (Å²) >= 11 is 0. The van der Waals surface area contributed by atoms with Gasteiger partial charge in [0, 0.05) is 11.1 Å². The molecule has 0 spiro atoms. The number of esters is 2. The van der Waals surface area contributed by atoms with Crippen LogP contribution < -0.4 is 14.2 Å². The molecule has 0 bridgehead atoms. The Hall–Kier alpha value is -2.96. The molecule has 7 nitrogen and oxygen atoms in total. The molecule has 0 unspecified atom stereocenters. The zero-order chi connectivity index (χ0) is 17.6. The second-order valence-electron chi connectivity index (χ2n) is 5.26. The summed E-state index contributed by atoms with van der Waals surface area (Å²) in [5, 5.41) is 0. The molecule has 7 heteroatoms. The van der Waals surface area contributed by atoms with Crippen LogP contribution in [0.15, 0.2) is 23.2 Å². The Morgan fingerprint density at radius 3 is 2.21 bits per heavy atom. The van der Waals surface area contributed by atoms with Crippen LogP contribution in [0.2, 0.25) is 0 Å². The zero-order valence-electron chi connectivity index (χ0n) is 13.9. The zero-order valence-corrected chi connectivity index (χ0v) is 13.9. The molecular weight excluding hydrogens is 316 g/mol. The third-order valence-electron chi connectivity index (χ3n) is 4.00. The van der Waals surface area contributed by atoms with Crippen molar-refractivity contribution < 1.29 is 33.3 Å². The molecule has 2 aliphatic rings. The molecule has 1 aromatic rings. The highest BCUT2D eigenvalue weighted by Crippen LogP contribution is 2.48. The molecule has 0 atom stereocenters. The van der Waals surface area contributed by atoms with Crippen LogP contribution in [0.4, 0.5) is 0 Å². The van der Waals surface area contributed by atoms with E-state index in [9.17, 15) is 9.59 Å². The van der Waals surface area contributed by atoms with E-state index in [1.165, 1.54) is 21.3 Å². The van der Waals surface area contributed by atoms with Crippen LogP contribution in [0.1, 0.15) is 18.1 Å². The lowest BCUT2D eigenvalue weighted by atomic mass is 10.0. The lowest BCUT2D eigenvalue weighted by molar-refractivity contribution is -0.133. The van der Waals surface area contributed by atoms with Gasteiger partial charge in [-0.05, 0) is 19.9 Å². The maximum atomic E-state index is 12.4. The molecule has 1 aromatic carbocycles. The van der Waals surface area contributed by atoms with E-state index in [2.05, 4.69) is 0 Å². The lowest BCUT2D eigenvalue weighted by Gasteiger charge is -2.13. The van der Waals surface area contributed by atoms with Crippen LogP contribution in [0, 0.1) is 6.92 Å². The van der Waals surface area contributed by atoms with Gasteiger partial charge >= 0.3 is 11.9 Å². The summed E-state index contributed by atoms with van der Waals surface area (Å²) in [5.74, 6) is 0.327. The van der Waals surface area contributed by atoms with E-state index < -0.39 is 11.9 Å². The summed E-state index contributed by atoms with van der Waals surface area (Å²) in [6.45, 7) is 3.32. The van der Waals surface area contributed by atoms with Gasteiger partial charge in [0.2, 0.25) is 0 Å². The summed E-state index contributed by atoms with van der Waals surface area (Å²) in [5.41, 5.74) is 1.48. The van der Waals surface area contributed by atoms with Gasteiger partial charge in [-0.3, -0.25) is 0 Å². The van der Waals surface area contributed by atoms with E-state index in [0.717, 1.165) is 0 Å². The smallest absolute Gasteiger partial charge is 0.348 e. The number of benzene rings is 1. The van der Waals surface area contributed by atoms with Gasteiger partial charge < -0.3 is 23.7 Å². The number of carbonyl (C=O) groups is 2. The molecule has 2 heterocycles. The lowest BCUT2D eigenvalue weighted by Crippen LogP contribution is -2.06. The molecule has 0 amide bonds. The van der Waals surface area contributed by atoms with Crippen molar-refractivity contribution in [3.05, 3.63) is 34.3 Å². The molecule has 0 aliphatic carbocycles. The average molecular weight is 332 g/mol. The molecule has 0 radical (unpaired) electrons. The number of cyclic esters (lactones) is 1. The van der Waals surface area contributed by atoms with Gasteiger partial charge in [-0.1, -0.05) is 0 Å². The number of hydrogen-bond acceptors (Lipinski definition) is 7. The number of methoxy groups -OCH3 is 3. The molecule has 0 fully saturated rings. The van der Waals surface area contributed by atoms with Crippen molar-refractivity contribution >= 4 is 17.5 Å². The Bertz CT molecular complexity index is 830. The highest BCUT2D eigenvalue weighted by atomic mass is 16.6. The minimum Gasteiger partial charge on any atom is -0.493 e. The third-order valence-corrected chi connectivity index (χ3v) is 4.00. The molecule has 24 heavy (non-hydrogen) atoms. The van der Waals surface area contributed by atoms with Gasteiger partial charge in [0.1, 0.15) is 11.3 Å². The minimum atomic E-state index is -0.629. The molecule has 0 N–H and O–H groups in total. The monoisotopic (exact) mass is 332 g/mol. The predicted molar refractivity (Wildman–Crippen MR) is 82.6 cm³/mol. The second kappa shape index (κ2) is 5.59. The van der Waals surface area contributed by atoms with Crippen molar-refractivity contribution in [2.75, 3.05) is 21.3 Å². The first-order chi connectivity index (χ1) is 11.4. The van der Waals surface area contributed by atoms with Crippen LogP contribution in [-0.2, 0) is 19.1 Å². The number of rotatable bonds is 3. The Labute approximate surface area is 138 Å². The molecular formula is C17H16O7. The first-order valence-corrected chi connectivity index (χ1v) is 7.14. The van der Waals surface area contributed by atoms with Crippen molar-refractivity contribution in [3.8, 4) is 17.2 Å². The standard InChI is InChI=1S/C17H16O7/c1-7-12-9(6-10(20-3)13(7)21-4)11(17(19)23-12)15-14(22-5)8(2)16(18)24-15/h6H,1-5H3/b15-11+. The second-order valence-corrected chi connectivity index (χ2v) is 5.26. The Morgan fingerprint density at radius 1 is 0.917 bits per heavy atom. The fourth-order valence-corrected chi connectivity index (χ4v) is 2.83. The average Bonchev–Trinajstić information content (AvgIpc) is 3.03. The van der Waals surface area contributed by atoms with Crippen molar-refractivity contribution in [1.29, 1.82) is 0 Å². The maximum absolute atomic E-state index is 12.4. The highest BCUT2D eigenvalue weighted by molar-refractivity contribution is 6.24. The first kappa shape index (κ1) is 15.9. The number of carbonyl (C=O) groups excluding carboxylic acids is 2. The fourth-order valence-electron chi connectivity index (χ4n) is 2.83. The molecule has 0 aromatic heterocycles. The van der Waals surface area contributed by atoms with Crippen LogP contribution in [-0.4, -0.2) is 33.3 Å². The normalized spacial score (nSPS) is 19.2. The number of ether oxygens (including phenoxy) is 5. The molecule has 0 saturated heterocycles. The van der Waals surface area contributed by atoms with Crippen molar-refractivity contribution in [2.24, 2.45) is 0 Å². The van der Waals surface area contributed by atoms with Gasteiger partial charge in [-0.15, -0.1) is 0 Å². The van der Waals surface area contributed by atoms with E-state index in [0.29, 0.717) is 33.9 Å². The minimum absolute atomic E-state index is 0.0513. The Morgan fingerprint density at radius 2 is 1.62 bits per heavy atom. The van der Waals surface area contributed by atoms with Crippen molar-refractivity contribution in [3.63, 3.8) is 0 Å². The van der Waals surface area contributed by atoms with Crippen LogP contribution in [0.3, 0.4) is 0 Å². The topological polar surface area (TPSA) is 80.3 Å². The largest absolute Gasteiger partial charge is 0.493 e. The van der Waals surface area contributed by atoms with Gasteiger partial charge in [0.05, 0.1) is 26.9 Å². The summed E-state index contributed by atoms with van der Waals surface area (Å²) < 4.78 is 26.5. The van der Waals surface area contributed by atoms with E-state index in [1.54, 1.807) is 19.9 Å². The van der Waals surface area contributed by atoms with E-state index >= 15 is 0 Å². The van der Waals surface area contributed by atoms with Crippen LogP contribution in [0.5, 0.6) is 17.2 Å². The highest BCUT2D eigenvalue weighted by Gasteiger charge is 2.40. The Kier molecular flexibility index (Phi) is 3.71. The van der Waals surface area contributed by atoms with Gasteiger partial charge in [0.15, 0.2) is 23.0 Å². The molecule has 2 aliphatic heterocycles. The van der Waals surface area contributed by atoms with Gasteiger partial charge in [-0.2, -0.15) is 0 Å². The summed E-state index contributed by atoms with van der Waals surface area (Å²) in [7, 11) is 4.40. The van der Waals surface area contributed by atoms with Crippen molar-refractivity contribution in [2.45, 2.75) is 13.8 Å². The summed E-state index contributed by atoms with van der Waals surface area (Å²) in [6, 6.07) is 1.61. The van der Waals surface area contributed by atoms with Crippen LogP contribution >= 0.6 is 0 Å². The van der Waals surface area contributed by atoms with E-state index in [-0.39, 0.29) is 17.1 Å². The SMILES string of the molecule is COC1=C(C)C(=O)O/C1=C1/C(=O)Oc2c1cc(OC)c(OC)c2C. The number of fused-ring (bicyclic) bond motifs is 1.